The second-order valence-corrected chi connectivity index (χ2v) is 5.02. The summed E-state index contributed by atoms with van der Waals surface area (Å²) in [5.74, 6) is 0.548. The van der Waals surface area contributed by atoms with Gasteiger partial charge in [-0.3, -0.25) is 4.68 Å². The fraction of sp³-hybridized carbons (Fsp3) is 0.727. The van der Waals surface area contributed by atoms with E-state index in [1.807, 2.05) is 18.7 Å². The quantitative estimate of drug-likeness (QED) is 0.916. The van der Waals surface area contributed by atoms with Gasteiger partial charge in [0.2, 0.25) is 0 Å². The molecule has 0 amide bonds. The lowest BCUT2D eigenvalue weighted by Gasteiger charge is -2.18. The van der Waals surface area contributed by atoms with Crippen molar-refractivity contribution in [1.82, 2.24) is 9.78 Å². The van der Waals surface area contributed by atoms with Crippen LogP contribution in [0.2, 0.25) is 0 Å². The molecule has 1 aromatic heterocycles. The predicted octanol–water partition coefficient (Wildman–Crippen LogP) is 2.41. The van der Waals surface area contributed by atoms with Crippen molar-refractivity contribution in [3.8, 4) is 0 Å². The van der Waals surface area contributed by atoms with Gasteiger partial charge >= 0.3 is 0 Å². The number of hydrogen-bond donors (Lipinski definition) is 1. The van der Waals surface area contributed by atoms with Crippen molar-refractivity contribution in [2.75, 3.05) is 0 Å². The van der Waals surface area contributed by atoms with Crippen LogP contribution in [0.5, 0.6) is 0 Å². The Bertz CT molecular complexity index is 333. The van der Waals surface area contributed by atoms with Crippen molar-refractivity contribution in [3.05, 3.63) is 15.9 Å². The topological polar surface area (TPSA) is 43.8 Å². The zero-order valence-corrected chi connectivity index (χ0v) is 11.5. The highest BCUT2D eigenvalue weighted by Crippen LogP contribution is 2.22. The number of rotatable bonds is 4. The molecule has 0 aliphatic heterocycles. The zero-order valence-electron chi connectivity index (χ0n) is 9.92. The van der Waals surface area contributed by atoms with E-state index < -0.39 is 0 Å². The number of nitrogens with two attached hydrogens (primary N) is 1. The monoisotopic (exact) mass is 273 g/mol. The van der Waals surface area contributed by atoms with Gasteiger partial charge in [-0.15, -0.1) is 0 Å². The van der Waals surface area contributed by atoms with Crippen LogP contribution in [0.4, 0.5) is 0 Å². The van der Waals surface area contributed by atoms with Gasteiger partial charge in [0.25, 0.3) is 0 Å². The molecule has 86 valence electrons. The summed E-state index contributed by atoms with van der Waals surface area (Å²) in [4.78, 5) is 0. The summed E-state index contributed by atoms with van der Waals surface area (Å²) in [5, 5.41) is 4.36. The van der Waals surface area contributed by atoms with Crippen LogP contribution in [-0.2, 0) is 13.5 Å². The summed E-state index contributed by atoms with van der Waals surface area (Å²) in [7, 11) is 1.97. The van der Waals surface area contributed by atoms with E-state index in [1.165, 1.54) is 5.69 Å². The minimum Gasteiger partial charge on any atom is -0.327 e. The summed E-state index contributed by atoms with van der Waals surface area (Å²) in [6.45, 7) is 6.37. The zero-order chi connectivity index (χ0) is 11.6. The van der Waals surface area contributed by atoms with E-state index in [1.54, 1.807) is 0 Å². The molecule has 0 aromatic carbocycles. The summed E-state index contributed by atoms with van der Waals surface area (Å²) < 4.78 is 3.02. The van der Waals surface area contributed by atoms with Crippen molar-refractivity contribution in [1.29, 1.82) is 0 Å². The van der Waals surface area contributed by atoms with Crippen LogP contribution in [0.3, 0.4) is 0 Å². The molecule has 2 atom stereocenters. The van der Waals surface area contributed by atoms with E-state index in [-0.39, 0.29) is 6.04 Å². The molecule has 3 nitrogen and oxygen atoms in total. The lowest BCUT2D eigenvalue weighted by Crippen LogP contribution is -2.31. The van der Waals surface area contributed by atoms with Gasteiger partial charge in [-0.05, 0) is 28.8 Å². The molecule has 1 aromatic rings. The van der Waals surface area contributed by atoms with Gasteiger partial charge in [0.1, 0.15) is 0 Å². The maximum Gasteiger partial charge on any atom is 0.0738 e. The Hall–Kier alpha value is -0.350. The first-order valence-electron chi connectivity index (χ1n) is 5.40. The summed E-state index contributed by atoms with van der Waals surface area (Å²) in [5.41, 5.74) is 8.37. The fourth-order valence-electron chi connectivity index (χ4n) is 1.63. The van der Waals surface area contributed by atoms with Gasteiger partial charge < -0.3 is 5.73 Å². The highest BCUT2D eigenvalue weighted by Gasteiger charge is 2.17. The average molecular weight is 274 g/mol. The van der Waals surface area contributed by atoms with Crippen LogP contribution < -0.4 is 5.73 Å². The second kappa shape index (κ2) is 5.12. The molecule has 2 unspecified atom stereocenters. The van der Waals surface area contributed by atoms with Crippen LogP contribution in [-0.4, -0.2) is 15.8 Å². The minimum atomic E-state index is 0.209. The van der Waals surface area contributed by atoms with Crippen molar-refractivity contribution >= 4 is 15.9 Å². The molecule has 0 saturated carbocycles. The van der Waals surface area contributed by atoms with Crippen molar-refractivity contribution in [2.45, 2.75) is 39.7 Å². The smallest absolute Gasteiger partial charge is 0.0738 e. The van der Waals surface area contributed by atoms with Crippen molar-refractivity contribution < 1.29 is 0 Å². The van der Waals surface area contributed by atoms with Gasteiger partial charge in [0.05, 0.1) is 15.9 Å². The maximum absolute atomic E-state index is 6.14. The van der Waals surface area contributed by atoms with Crippen molar-refractivity contribution in [3.63, 3.8) is 0 Å². The number of aryl methyl sites for hydroxylation is 2. The molecule has 0 aliphatic rings. The van der Waals surface area contributed by atoms with Gasteiger partial charge in [0, 0.05) is 19.5 Å². The predicted molar refractivity (Wildman–Crippen MR) is 66.8 cm³/mol. The first kappa shape index (κ1) is 12.7. The Balaban J connectivity index is 2.80. The van der Waals surface area contributed by atoms with E-state index in [9.17, 15) is 0 Å². The molecule has 0 aliphatic carbocycles. The normalized spacial score (nSPS) is 15.3. The number of hydrogen-bond acceptors (Lipinski definition) is 2. The van der Waals surface area contributed by atoms with Crippen LogP contribution in [0.25, 0.3) is 0 Å². The number of aromatic nitrogens is 2. The Morgan fingerprint density at radius 1 is 1.53 bits per heavy atom. The fourth-order valence-corrected chi connectivity index (χ4v) is 2.13. The Morgan fingerprint density at radius 3 is 2.53 bits per heavy atom. The molecular weight excluding hydrogens is 254 g/mol. The molecule has 0 radical (unpaired) electrons. The van der Waals surface area contributed by atoms with E-state index in [0.717, 1.165) is 23.0 Å². The lowest BCUT2D eigenvalue weighted by molar-refractivity contribution is 0.431. The summed E-state index contributed by atoms with van der Waals surface area (Å²) in [6.07, 6.45) is 2.00. The Kier molecular flexibility index (Phi) is 4.34. The SMILES string of the molecule is CCC(C)C(N)Cc1c(Br)c(C)nn1C. The number of nitrogens with zero attached hydrogens (tertiary/aromatic N) is 2. The van der Waals surface area contributed by atoms with Crippen LogP contribution in [0.1, 0.15) is 31.7 Å². The minimum absolute atomic E-state index is 0.209. The second-order valence-electron chi connectivity index (χ2n) is 4.22. The molecule has 0 bridgehead atoms. The van der Waals surface area contributed by atoms with Crippen molar-refractivity contribution in [2.24, 2.45) is 18.7 Å². The van der Waals surface area contributed by atoms with E-state index >= 15 is 0 Å². The Morgan fingerprint density at radius 2 is 2.13 bits per heavy atom. The van der Waals surface area contributed by atoms with Gasteiger partial charge in [-0.2, -0.15) is 5.10 Å². The van der Waals surface area contributed by atoms with E-state index in [4.69, 9.17) is 5.73 Å². The Labute approximate surface area is 100 Å². The van der Waals surface area contributed by atoms with Crippen LogP contribution >= 0.6 is 15.9 Å². The third-order valence-corrected chi connectivity index (χ3v) is 4.10. The van der Waals surface area contributed by atoms with Crippen LogP contribution in [0.15, 0.2) is 4.47 Å². The van der Waals surface area contributed by atoms with Crippen LogP contribution in [0, 0.1) is 12.8 Å². The van der Waals surface area contributed by atoms with Gasteiger partial charge in [0.15, 0.2) is 0 Å². The molecular formula is C11H20BrN3. The molecule has 1 rings (SSSR count). The molecule has 4 heteroatoms. The van der Waals surface area contributed by atoms with Gasteiger partial charge in [-0.25, -0.2) is 0 Å². The molecule has 2 N–H and O–H groups in total. The molecule has 1 heterocycles. The molecule has 15 heavy (non-hydrogen) atoms. The largest absolute Gasteiger partial charge is 0.327 e. The molecule has 0 saturated heterocycles. The van der Waals surface area contributed by atoms with E-state index in [0.29, 0.717) is 5.92 Å². The molecule has 0 spiro atoms. The standard InChI is InChI=1S/C11H20BrN3/c1-5-7(2)9(13)6-10-11(12)8(3)14-15(10)4/h7,9H,5-6,13H2,1-4H3. The number of halogens is 1. The maximum atomic E-state index is 6.14. The highest BCUT2D eigenvalue weighted by molar-refractivity contribution is 9.10. The third-order valence-electron chi connectivity index (χ3n) is 3.07. The first-order chi connectivity index (χ1) is 6.97. The first-order valence-corrected chi connectivity index (χ1v) is 6.20. The van der Waals surface area contributed by atoms with Gasteiger partial charge in [-0.1, -0.05) is 20.3 Å². The summed E-state index contributed by atoms with van der Waals surface area (Å²) in [6, 6.07) is 0.209. The average Bonchev–Trinajstić information content (AvgIpc) is 2.43. The van der Waals surface area contributed by atoms with E-state index in [2.05, 4.69) is 34.9 Å². The summed E-state index contributed by atoms with van der Waals surface area (Å²) >= 11 is 3.56. The highest BCUT2D eigenvalue weighted by atomic mass is 79.9. The lowest BCUT2D eigenvalue weighted by atomic mass is 9.96. The third kappa shape index (κ3) is 2.82. The molecule has 0 fully saturated rings.